The van der Waals surface area contributed by atoms with E-state index in [-0.39, 0.29) is 17.4 Å². The number of hydrogen-bond donors (Lipinski definition) is 1. The molecule has 4 rings (SSSR count). The maximum Gasteiger partial charge on any atom is 0.261 e. The van der Waals surface area contributed by atoms with Crippen molar-refractivity contribution in [3.05, 3.63) is 83.4 Å². The molecule has 0 fully saturated rings. The quantitative estimate of drug-likeness (QED) is 0.653. The number of carbonyl (C=O) groups is 3. The third kappa shape index (κ3) is 3.48. The predicted octanol–water partition coefficient (Wildman–Crippen LogP) is 3.97. The topological polar surface area (TPSA) is 84.9 Å². The van der Waals surface area contributed by atoms with Gasteiger partial charge in [0.15, 0.2) is 11.5 Å². The molecule has 1 heterocycles. The summed E-state index contributed by atoms with van der Waals surface area (Å²) in [6.45, 7) is 0. The van der Waals surface area contributed by atoms with Gasteiger partial charge in [0.2, 0.25) is 0 Å². The monoisotopic (exact) mass is 402 g/mol. The minimum atomic E-state index is -0.414. The molecular formula is C23H18N2O5. The Bertz CT molecular complexity index is 1150. The van der Waals surface area contributed by atoms with E-state index < -0.39 is 5.91 Å². The van der Waals surface area contributed by atoms with E-state index in [9.17, 15) is 14.4 Å². The molecule has 0 saturated carbocycles. The number of fused-ring (bicyclic) bond motifs is 1. The van der Waals surface area contributed by atoms with Crippen LogP contribution in [0.4, 0.5) is 5.69 Å². The van der Waals surface area contributed by atoms with Crippen molar-refractivity contribution in [3.63, 3.8) is 0 Å². The van der Waals surface area contributed by atoms with E-state index in [1.807, 2.05) is 12.1 Å². The Kier molecular flexibility index (Phi) is 4.93. The molecule has 0 radical (unpaired) electrons. The lowest BCUT2D eigenvalue weighted by Gasteiger charge is -2.11. The highest BCUT2D eigenvalue weighted by atomic mass is 16.5. The van der Waals surface area contributed by atoms with Crippen molar-refractivity contribution >= 4 is 23.4 Å². The minimum absolute atomic E-state index is 0.232. The van der Waals surface area contributed by atoms with E-state index in [1.54, 1.807) is 43.5 Å². The average Bonchev–Trinajstić information content (AvgIpc) is 2.99. The zero-order valence-electron chi connectivity index (χ0n) is 16.3. The van der Waals surface area contributed by atoms with Crippen molar-refractivity contribution < 1.29 is 23.9 Å². The van der Waals surface area contributed by atoms with Gasteiger partial charge in [-0.2, -0.15) is 0 Å². The molecule has 1 aliphatic heterocycles. The third-order valence-corrected chi connectivity index (χ3v) is 4.76. The van der Waals surface area contributed by atoms with Gasteiger partial charge in [0.1, 0.15) is 5.75 Å². The van der Waals surface area contributed by atoms with Crippen LogP contribution in [0.15, 0.2) is 66.7 Å². The molecule has 0 bridgehead atoms. The number of nitrogens with one attached hydrogen (secondary N) is 1. The molecule has 3 aromatic rings. The van der Waals surface area contributed by atoms with Gasteiger partial charge in [0.25, 0.3) is 17.7 Å². The Balaban J connectivity index is 1.47. The van der Waals surface area contributed by atoms with Crippen molar-refractivity contribution in [3.8, 4) is 17.2 Å². The van der Waals surface area contributed by atoms with Gasteiger partial charge in [-0.1, -0.05) is 12.1 Å². The number of nitrogens with zero attached hydrogens (tertiary/aromatic N) is 1. The van der Waals surface area contributed by atoms with Crippen LogP contribution >= 0.6 is 0 Å². The summed E-state index contributed by atoms with van der Waals surface area (Å²) in [6.07, 6.45) is 0. The van der Waals surface area contributed by atoms with Crippen LogP contribution in [0.2, 0.25) is 0 Å². The zero-order valence-corrected chi connectivity index (χ0v) is 16.3. The number of hydrogen-bond acceptors (Lipinski definition) is 5. The van der Waals surface area contributed by atoms with Gasteiger partial charge in [0.05, 0.1) is 18.2 Å². The van der Waals surface area contributed by atoms with Gasteiger partial charge in [-0.15, -0.1) is 0 Å². The number of ether oxygens (including phenoxy) is 2. The van der Waals surface area contributed by atoms with Crippen LogP contribution in [0, 0.1) is 0 Å². The van der Waals surface area contributed by atoms with Crippen molar-refractivity contribution in [1.29, 1.82) is 0 Å². The van der Waals surface area contributed by atoms with Gasteiger partial charge >= 0.3 is 0 Å². The van der Waals surface area contributed by atoms with Crippen LogP contribution in [0.25, 0.3) is 0 Å². The van der Waals surface area contributed by atoms with Crippen LogP contribution in [0.5, 0.6) is 17.2 Å². The number of carbonyl (C=O) groups excluding carboxylic acids is 3. The number of amides is 3. The summed E-state index contributed by atoms with van der Waals surface area (Å²) < 4.78 is 11.1. The molecule has 0 unspecified atom stereocenters. The Labute approximate surface area is 172 Å². The fourth-order valence-electron chi connectivity index (χ4n) is 3.14. The van der Waals surface area contributed by atoms with Crippen LogP contribution in [-0.4, -0.2) is 36.8 Å². The zero-order chi connectivity index (χ0) is 21.3. The van der Waals surface area contributed by atoms with Gasteiger partial charge in [0, 0.05) is 18.3 Å². The van der Waals surface area contributed by atoms with Gasteiger partial charge in [-0.3, -0.25) is 19.3 Å². The molecule has 0 spiro atoms. The summed E-state index contributed by atoms with van der Waals surface area (Å²) in [5.74, 6) is 0.618. The highest BCUT2D eigenvalue weighted by Crippen LogP contribution is 2.31. The van der Waals surface area contributed by atoms with Gasteiger partial charge in [-0.25, -0.2) is 0 Å². The number of rotatable bonds is 5. The molecule has 30 heavy (non-hydrogen) atoms. The maximum absolute atomic E-state index is 12.6. The molecule has 7 heteroatoms. The number of benzene rings is 3. The summed E-state index contributed by atoms with van der Waals surface area (Å²) in [5.41, 5.74) is 1.39. The molecule has 0 saturated heterocycles. The summed E-state index contributed by atoms with van der Waals surface area (Å²) in [7, 11) is 2.99. The normalized spacial score (nSPS) is 12.5. The van der Waals surface area contributed by atoms with Crippen molar-refractivity contribution in [2.24, 2.45) is 0 Å². The SMILES string of the molecule is COc1ccccc1Oc1ccc(NC(=O)c2ccc3c(c2)C(=O)N(C)C3=O)cc1. The first-order chi connectivity index (χ1) is 14.5. The van der Waals surface area contributed by atoms with E-state index in [0.717, 1.165) is 4.90 Å². The molecule has 3 aromatic carbocycles. The number of imide groups is 1. The first kappa shape index (κ1) is 19.2. The highest BCUT2D eigenvalue weighted by Gasteiger charge is 2.33. The molecule has 0 aliphatic carbocycles. The largest absolute Gasteiger partial charge is 0.493 e. The van der Waals surface area contributed by atoms with E-state index in [2.05, 4.69) is 5.32 Å². The first-order valence-electron chi connectivity index (χ1n) is 9.16. The fraction of sp³-hybridized carbons (Fsp3) is 0.0870. The number of para-hydroxylation sites is 2. The van der Waals surface area contributed by atoms with Gasteiger partial charge < -0.3 is 14.8 Å². The van der Waals surface area contributed by atoms with Crippen LogP contribution < -0.4 is 14.8 Å². The predicted molar refractivity (Wildman–Crippen MR) is 110 cm³/mol. The van der Waals surface area contributed by atoms with Crippen molar-refractivity contribution in [2.75, 3.05) is 19.5 Å². The second kappa shape index (κ2) is 7.71. The lowest BCUT2D eigenvalue weighted by Crippen LogP contribution is -2.24. The summed E-state index contributed by atoms with van der Waals surface area (Å²) in [6, 6.07) is 18.6. The molecular weight excluding hydrogens is 384 g/mol. The standard InChI is InChI=1S/C23H18N2O5/c1-25-22(27)17-12-7-14(13-18(17)23(25)28)21(26)24-15-8-10-16(11-9-15)30-20-6-4-3-5-19(20)29-2/h3-13H,1-2H3,(H,24,26). The smallest absolute Gasteiger partial charge is 0.261 e. The van der Waals surface area contributed by atoms with E-state index >= 15 is 0 Å². The molecule has 0 aromatic heterocycles. The van der Waals surface area contributed by atoms with E-state index in [4.69, 9.17) is 9.47 Å². The third-order valence-electron chi connectivity index (χ3n) is 4.76. The Morgan fingerprint density at radius 1 is 0.867 bits per heavy atom. The number of anilines is 1. The summed E-state index contributed by atoms with van der Waals surface area (Å²) >= 11 is 0. The second-order valence-electron chi connectivity index (χ2n) is 6.66. The Morgan fingerprint density at radius 2 is 1.53 bits per heavy atom. The van der Waals surface area contributed by atoms with Crippen LogP contribution in [0.3, 0.4) is 0 Å². The molecule has 3 amide bonds. The maximum atomic E-state index is 12.6. The molecule has 1 aliphatic rings. The molecule has 0 atom stereocenters. The van der Waals surface area contributed by atoms with E-state index in [1.165, 1.54) is 25.2 Å². The Morgan fingerprint density at radius 3 is 2.23 bits per heavy atom. The number of methoxy groups -OCH3 is 1. The van der Waals surface area contributed by atoms with Crippen LogP contribution in [0.1, 0.15) is 31.1 Å². The molecule has 1 N–H and O–H groups in total. The average molecular weight is 402 g/mol. The fourth-order valence-corrected chi connectivity index (χ4v) is 3.14. The second-order valence-corrected chi connectivity index (χ2v) is 6.66. The van der Waals surface area contributed by atoms with Crippen molar-refractivity contribution in [2.45, 2.75) is 0 Å². The van der Waals surface area contributed by atoms with Gasteiger partial charge in [-0.05, 0) is 54.6 Å². The molecule has 150 valence electrons. The Hall–Kier alpha value is -4.13. The first-order valence-corrected chi connectivity index (χ1v) is 9.16. The molecule has 7 nitrogen and oxygen atoms in total. The summed E-state index contributed by atoms with van der Waals surface area (Å²) in [5, 5.41) is 2.77. The lowest BCUT2D eigenvalue weighted by atomic mass is 10.1. The summed E-state index contributed by atoms with van der Waals surface area (Å²) in [4.78, 5) is 37.7. The van der Waals surface area contributed by atoms with Crippen molar-refractivity contribution in [1.82, 2.24) is 4.90 Å². The van der Waals surface area contributed by atoms with Crippen LogP contribution in [-0.2, 0) is 0 Å². The lowest BCUT2D eigenvalue weighted by molar-refractivity contribution is 0.0693. The minimum Gasteiger partial charge on any atom is -0.493 e. The van der Waals surface area contributed by atoms with E-state index in [0.29, 0.717) is 34.1 Å². The highest BCUT2D eigenvalue weighted by molar-refractivity contribution is 6.22.